The van der Waals surface area contributed by atoms with Gasteiger partial charge < -0.3 is 20.4 Å². The highest BCUT2D eigenvalue weighted by Crippen LogP contribution is 2.41. The molecule has 4 N–H and O–H groups in total. The number of nitrogens with zero attached hydrogens (tertiary/aromatic N) is 7. The van der Waals surface area contributed by atoms with Crippen LogP contribution in [-0.2, 0) is 35.4 Å². The molecule has 1 aliphatic carbocycles. The lowest BCUT2D eigenvalue weighted by atomic mass is 10.0. The number of aryl methyl sites for hydroxylation is 1. The Labute approximate surface area is 274 Å². The van der Waals surface area contributed by atoms with Gasteiger partial charge in [-0.15, -0.1) is 28.2 Å². The summed E-state index contributed by atoms with van der Waals surface area (Å²) in [4.78, 5) is 71.6. The lowest BCUT2D eigenvalue weighted by Crippen LogP contribution is -2.71. The average Bonchev–Trinajstić information content (AvgIpc) is 3.80. The number of thiazole rings is 1. The number of amides is 3. The van der Waals surface area contributed by atoms with E-state index in [-0.39, 0.29) is 47.1 Å². The molecule has 23 heteroatoms. The summed E-state index contributed by atoms with van der Waals surface area (Å²) in [5.41, 5.74) is -0.555. The number of anilines is 1. The van der Waals surface area contributed by atoms with Gasteiger partial charge in [0.15, 0.2) is 10.8 Å². The molecule has 2 aromatic rings. The van der Waals surface area contributed by atoms with Gasteiger partial charge in [0.1, 0.15) is 28.9 Å². The number of aliphatic carboxylic acids is 2. The number of halogens is 3. The van der Waals surface area contributed by atoms with Crippen molar-refractivity contribution in [2.75, 3.05) is 16.8 Å². The number of alkyl halides is 3. The minimum atomic E-state index is -5.17. The number of hydrogen-bond acceptors (Lipinski definition) is 14. The van der Waals surface area contributed by atoms with E-state index >= 15 is 0 Å². The summed E-state index contributed by atoms with van der Waals surface area (Å²) in [7, 11) is 0. The second-order valence-corrected chi connectivity index (χ2v) is 13.1. The van der Waals surface area contributed by atoms with E-state index in [1.165, 1.54) is 21.8 Å². The maximum absolute atomic E-state index is 13.4. The van der Waals surface area contributed by atoms with Crippen LogP contribution < -0.4 is 10.6 Å². The molecule has 47 heavy (non-hydrogen) atoms. The van der Waals surface area contributed by atoms with Crippen LogP contribution in [0.5, 0.6) is 0 Å². The van der Waals surface area contributed by atoms with Gasteiger partial charge in [-0.05, 0) is 41.7 Å². The highest BCUT2D eigenvalue weighted by atomic mass is 32.2. The van der Waals surface area contributed by atoms with Crippen molar-refractivity contribution in [3.8, 4) is 0 Å². The first kappa shape index (κ1) is 34.1. The largest absolute Gasteiger partial charge is 0.481 e. The Kier molecular flexibility index (Phi) is 10.3. The number of thioether (sulfide) groups is 2. The zero-order chi connectivity index (χ0) is 33.9. The quantitative estimate of drug-likeness (QED) is 0.0990. The number of β-lactam (4-membered cyclic amide) rings is 1. The highest BCUT2D eigenvalue weighted by molar-refractivity contribution is 8.01. The molecular weight excluding hydrogens is 696 g/mol. The van der Waals surface area contributed by atoms with E-state index in [0.717, 1.165) is 29.5 Å². The predicted octanol–water partition coefficient (Wildman–Crippen LogP) is 1.30. The Morgan fingerprint density at radius 2 is 1.94 bits per heavy atom. The third kappa shape index (κ3) is 7.84. The van der Waals surface area contributed by atoms with Crippen molar-refractivity contribution in [2.24, 2.45) is 5.16 Å². The van der Waals surface area contributed by atoms with E-state index in [1.54, 1.807) is 5.32 Å². The third-order valence-corrected chi connectivity index (χ3v) is 10.1. The van der Waals surface area contributed by atoms with Crippen molar-refractivity contribution in [1.29, 1.82) is 0 Å². The van der Waals surface area contributed by atoms with Crippen LogP contribution in [0.25, 0.3) is 0 Å². The van der Waals surface area contributed by atoms with E-state index in [4.69, 9.17) is 9.94 Å². The van der Waals surface area contributed by atoms with Crippen molar-refractivity contribution >= 4 is 75.4 Å². The van der Waals surface area contributed by atoms with Crippen LogP contribution in [0.15, 0.2) is 27.0 Å². The topological polar surface area (TPSA) is 231 Å². The molecule has 2 aromatic heterocycles. The number of carbonyl (C=O) groups excluding carboxylic acids is 3. The number of fused-ring (bicyclic) bond motifs is 1. The Morgan fingerprint density at radius 1 is 1.19 bits per heavy atom. The fraction of sp³-hybridized carbons (Fsp3) is 0.500. The van der Waals surface area contributed by atoms with Gasteiger partial charge in [-0.3, -0.25) is 29.4 Å². The molecule has 4 heterocycles. The SMILES string of the molecule is O=C(O)CCn1nnnc1SCC1=C(C(=O)O)N2C(=O)C(NC(=O)/C(=N\OC3CCCC3)c3csc(NC(=O)C(F)(F)F)n3)[C@H]2SC1. The van der Waals surface area contributed by atoms with Gasteiger partial charge in [0.2, 0.25) is 5.16 Å². The summed E-state index contributed by atoms with van der Waals surface area (Å²) in [5.74, 6) is -6.13. The second-order valence-electron chi connectivity index (χ2n) is 10.2. The number of nitrogens with one attached hydrogen (secondary N) is 2. The summed E-state index contributed by atoms with van der Waals surface area (Å²) in [6.45, 7) is -0.000286. The molecule has 17 nitrogen and oxygen atoms in total. The summed E-state index contributed by atoms with van der Waals surface area (Å²) in [6, 6.07) is -1.18. The van der Waals surface area contributed by atoms with Gasteiger partial charge in [0.05, 0.1) is 13.0 Å². The van der Waals surface area contributed by atoms with Crippen molar-refractivity contribution in [3.05, 3.63) is 22.3 Å². The lowest BCUT2D eigenvalue weighted by Gasteiger charge is -2.49. The Balaban J connectivity index is 1.29. The second kappa shape index (κ2) is 14.3. The minimum absolute atomic E-state index is 0.000286. The molecule has 3 amide bonds. The number of oxime groups is 1. The van der Waals surface area contributed by atoms with Crippen LogP contribution in [0.2, 0.25) is 0 Å². The van der Waals surface area contributed by atoms with Crippen LogP contribution in [0, 0.1) is 0 Å². The molecule has 1 unspecified atom stereocenters. The number of rotatable bonds is 13. The first-order chi connectivity index (χ1) is 22.3. The van der Waals surface area contributed by atoms with Gasteiger partial charge in [-0.25, -0.2) is 14.5 Å². The molecule has 0 spiro atoms. The number of aromatic nitrogens is 5. The van der Waals surface area contributed by atoms with Crippen molar-refractivity contribution in [2.45, 2.75) is 67.5 Å². The third-order valence-electron chi connectivity index (χ3n) is 6.98. The van der Waals surface area contributed by atoms with Crippen molar-refractivity contribution in [1.82, 2.24) is 35.4 Å². The lowest BCUT2D eigenvalue weighted by molar-refractivity contribution is -0.167. The zero-order valence-electron chi connectivity index (χ0n) is 23.8. The predicted molar refractivity (Wildman–Crippen MR) is 157 cm³/mol. The number of carboxylic acid groups (broad SMARTS) is 2. The number of carboxylic acids is 2. The molecule has 1 saturated heterocycles. The van der Waals surface area contributed by atoms with E-state index in [0.29, 0.717) is 29.8 Å². The average molecular weight is 720 g/mol. The molecule has 2 aliphatic heterocycles. The fourth-order valence-corrected chi connectivity index (χ4v) is 7.81. The van der Waals surface area contributed by atoms with Crippen LogP contribution in [-0.4, -0.2) is 111 Å². The molecule has 0 radical (unpaired) electrons. The van der Waals surface area contributed by atoms with Crippen LogP contribution in [0.4, 0.5) is 18.3 Å². The summed E-state index contributed by atoms with van der Waals surface area (Å²) >= 11 is 2.87. The molecule has 3 aliphatic rings. The minimum Gasteiger partial charge on any atom is -0.481 e. The van der Waals surface area contributed by atoms with E-state index in [2.05, 4.69) is 31.0 Å². The Morgan fingerprint density at radius 3 is 2.62 bits per heavy atom. The van der Waals surface area contributed by atoms with Crippen molar-refractivity contribution in [3.63, 3.8) is 0 Å². The fourth-order valence-electron chi connectivity index (χ4n) is 4.73. The monoisotopic (exact) mass is 719 g/mol. The van der Waals surface area contributed by atoms with Gasteiger partial charge in [-0.2, -0.15) is 13.2 Å². The summed E-state index contributed by atoms with van der Waals surface area (Å²) < 4.78 is 39.4. The molecule has 252 valence electrons. The van der Waals surface area contributed by atoms with E-state index in [1.807, 2.05) is 0 Å². The summed E-state index contributed by atoms with van der Waals surface area (Å²) in [5, 5.41) is 38.2. The normalized spacial score (nSPS) is 20.1. The standard InChI is InChI=1S/C24H24F3N9O8S3/c25-24(26,27)21(43)30-22-28-12(9-46-22)14(32-44-11-3-1-2-4-11)17(39)29-15-18(40)36-16(20(41)42)10(7-45-19(15)36)8-47-23-31-33-34-35(23)6-5-13(37)38/h9,11,15,19H,1-8H2,(H,29,39)(H,37,38)(H,41,42)(H,28,30,43)/b32-14-/t15?,19-/m1/s1. The van der Waals surface area contributed by atoms with Crippen LogP contribution in [0.3, 0.4) is 0 Å². The first-order valence-electron chi connectivity index (χ1n) is 13.7. The van der Waals surface area contributed by atoms with Gasteiger partial charge >= 0.3 is 24.0 Å². The molecule has 0 bridgehead atoms. The van der Waals surface area contributed by atoms with Crippen molar-refractivity contribution < 1.29 is 52.2 Å². The maximum atomic E-state index is 13.4. The molecular formula is C24H24F3N9O8S3. The van der Waals surface area contributed by atoms with Gasteiger partial charge in [-0.1, -0.05) is 16.9 Å². The van der Waals surface area contributed by atoms with Gasteiger partial charge in [0.25, 0.3) is 11.8 Å². The molecule has 0 aromatic carbocycles. The smallest absolute Gasteiger partial charge is 0.471 e. The Hall–Kier alpha value is -4.25. The van der Waals surface area contributed by atoms with Crippen LogP contribution >= 0.6 is 34.9 Å². The molecule has 2 atom stereocenters. The summed E-state index contributed by atoms with van der Waals surface area (Å²) in [6.07, 6.45) is -2.62. The first-order valence-corrected chi connectivity index (χ1v) is 16.6. The number of carbonyl (C=O) groups is 5. The van der Waals surface area contributed by atoms with Crippen LogP contribution in [0.1, 0.15) is 37.8 Å². The molecule has 2 fully saturated rings. The van der Waals surface area contributed by atoms with E-state index in [9.17, 15) is 42.3 Å². The zero-order valence-corrected chi connectivity index (χ0v) is 26.2. The number of tetrazole rings is 1. The highest BCUT2D eigenvalue weighted by Gasteiger charge is 2.54. The number of hydrogen-bond donors (Lipinski definition) is 4. The Bertz CT molecular complexity index is 1640. The van der Waals surface area contributed by atoms with Gasteiger partial charge in [0, 0.05) is 16.9 Å². The molecule has 5 rings (SSSR count). The maximum Gasteiger partial charge on any atom is 0.471 e. The molecule has 1 saturated carbocycles. The van der Waals surface area contributed by atoms with E-state index < -0.39 is 58.1 Å².